The van der Waals surface area contributed by atoms with Gasteiger partial charge in [0.1, 0.15) is 30.6 Å². The van der Waals surface area contributed by atoms with Crippen LogP contribution in [0.5, 0.6) is 11.8 Å². The number of alkyl halides is 3. The predicted molar refractivity (Wildman–Crippen MR) is 180 cm³/mol. The lowest BCUT2D eigenvalue weighted by Crippen LogP contribution is -2.60. The van der Waals surface area contributed by atoms with Gasteiger partial charge in [0.05, 0.1) is 23.3 Å². The molecule has 49 heavy (non-hydrogen) atoms. The summed E-state index contributed by atoms with van der Waals surface area (Å²) in [6.45, 7) is 5.03. The molecule has 3 heterocycles. The number of ether oxygens (including phenoxy) is 3. The molecule has 1 aliphatic rings. The first-order chi connectivity index (χ1) is 23.4. The van der Waals surface area contributed by atoms with Crippen LogP contribution in [0, 0.1) is 0 Å². The van der Waals surface area contributed by atoms with Gasteiger partial charge in [0.2, 0.25) is 11.8 Å². The smallest absolute Gasteiger partial charge is 0.410 e. The molecule has 0 bridgehead atoms. The molecule has 0 unspecified atom stereocenters. The minimum absolute atomic E-state index is 0.0521. The molecule has 9 nitrogen and oxygen atoms in total. The summed E-state index contributed by atoms with van der Waals surface area (Å²) in [5.41, 5.74) is 3.01. The average molecular weight is 674 g/mol. The van der Waals surface area contributed by atoms with Gasteiger partial charge in [0, 0.05) is 31.6 Å². The molecule has 0 aliphatic carbocycles. The Balaban J connectivity index is 1.35. The monoisotopic (exact) mass is 673 g/mol. The summed E-state index contributed by atoms with van der Waals surface area (Å²) in [6, 6.07) is 26.1. The zero-order valence-corrected chi connectivity index (χ0v) is 27.8. The van der Waals surface area contributed by atoms with Gasteiger partial charge in [-0.2, -0.15) is 23.3 Å². The molecule has 0 saturated carbocycles. The molecule has 0 spiro atoms. The molecule has 256 valence electrons. The molecule has 1 saturated heterocycles. The summed E-state index contributed by atoms with van der Waals surface area (Å²) in [5, 5.41) is 5.41. The highest BCUT2D eigenvalue weighted by molar-refractivity contribution is 6.01. The van der Waals surface area contributed by atoms with Crippen LogP contribution in [0.3, 0.4) is 0 Å². The number of nitrogens with zero attached hydrogens (tertiary/aromatic N) is 5. The molecule has 3 aromatic carbocycles. The number of carbonyl (C=O) groups excluding carboxylic acids is 1. The molecule has 1 aliphatic heterocycles. The maximum absolute atomic E-state index is 14.6. The molecule has 5 aromatic rings. The predicted octanol–water partition coefficient (Wildman–Crippen LogP) is 7.78. The number of amides is 1. The normalized spacial score (nSPS) is 15.4. The Hall–Kier alpha value is -5.26. The van der Waals surface area contributed by atoms with Crippen molar-refractivity contribution in [1.29, 1.82) is 0 Å². The zero-order valence-electron chi connectivity index (χ0n) is 27.8. The highest BCUT2D eigenvalue weighted by atomic mass is 19.4. The van der Waals surface area contributed by atoms with Crippen molar-refractivity contribution in [2.75, 3.05) is 24.5 Å². The third-order valence-corrected chi connectivity index (χ3v) is 8.10. The van der Waals surface area contributed by atoms with Crippen molar-refractivity contribution in [3.8, 4) is 23.0 Å². The van der Waals surface area contributed by atoms with Crippen molar-refractivity contribution in [3.63, 3.8) is 0 Å². The average Bonchev–Trinajstić information content (AvgIpc) is 3.42. The van der Waals surface area contributed by atoms with E-state index in [0.717, 1.165) is 16.0 Å². The van der Waals surface area contributed by atoms with Crippen LogP contribution in [0.2, 0.25) is 0 Å². The van der Waals surface area contributed by atoms with Crippen molar-refractivity contribution < 1.29 is 32.2 Å². The highest BCUT2D eigenvalue weighted by Crippen LogP contribution is 2.40. The van der Waals surface area contributed by atoms with Crippen LogP contribution >= 0.6 is 0 Å². The van der Waals surface area contributed by atoms with E-state index in [1.165, 1.54) is 4.90 Å². The van der Waals surface area contributed by atoms with Gasteiger partial charge in [-0.15, -0.1) is 0 Å². The van der Waals surface area contributed by atoms with Crippen LogP contribution in [0.4, 0.5) is 23.7 Å². The fourth-order valence-electron chi connectivity index (χ4n) is 5.84. The van der Waals surface area contributed by atoms with E-state index in [4.69, 9.17) is 24.3 Å². The number of carbonyl (C=O) groups is 1. The Bertz CT molecular complexity index is 1910. The Morgan fingerprint density at radius 1 is 0.837 bits per heavy atom. The maximum Gasteiger partial charge on any atom is 0.410 e. The van der Waals surface area contributed by atoms with Crippen LogP contribution in [0.25, 0.3) is 22.2 Å². The molecule has 0 N–H and O–H groups in total. The number of aromatic nitrogens is 3. The van der Waals surface area contributed by atoms with Crippen molar-refractivity contribution in [1.82, 2.24) is 19.7 Å². The molecule has 2 aromatic heterocycles. The Morgan fingerprint density at radius 2 is 1.49 bits per heavy atom. The SMILES string of the molecule is Cn1nc(-c2ccc(OCc3ccccc3)nc2OCc2ccccc2)c2cccc(N3CCN(C(=O)OC(C)(C)C)C[C@@H]3C(F)(F)F)c21. The molecular formula is C37H38F3N5O4. The number of anilines is 1. The second-order valence-electron chi connectivity index (χ2n) is 12.9. The first-order valence-corrected chi connectivity index (χ1v) is 16.0. The second kappa shape index (κ2) is 13.7. The Morgan fingerprint density at radius 3 is 2.12 bits per heavy atom. The lowest BCUT2D eigenvalue weighted by molar-refractivity contribution is -0.155. The number of hydrogen-bond donors (Lipinski definition) is 0. The van der Waals surface area contributed by atoms with Gasteiger partial charge < -0.3 is 24.0 Å². The van der Waals surface area contributed by atoms with Crippen molar-refractivity contribution in [2.24, 2.45) is 7.05 Å². The van der Waals surface area contributed by atoms with Gasteiger partial charge >= 0.3 is 12.3 Å². The van der Waals surface area contributed by atoms with E-state index in [-0.39, 0.29) is 25.6 Å². The summed E-state index contributed by atoms with van der Waals surface area (Å²) in [5.74, 6) is 0.631. The molecule has 1 amide bonds. The number of halogens is 3. The van der Waals surface area contributed by atoms with E-state index in [9.17, 15) is 18.0 Å². The first kappa shape index (κ1) is 33.6. The van der Waals surface area contributed by atoms with E-state index in [0.29, 0.717) is 40.3 Å². The van der Waals surface area contributed by atoms with Gasteiger partial charge in [0.25, 0.3) is 0 Å². The standard InChI is InChI=1S/C37H38F3N5O4/c1-36(2,3)49-35(46)44-20-21-45(30(22-44)37(38,39)40)29-17-11-16-27-32(42-43(4)33(27)29)28-18-19-31(47-23-25-12-7-5-8-13-25)41-34(28)48-24-26-14-9-6-10-15-26/h5-19,30H,20-24H2,1-4H3/t30-/m1/s1. The topological polar surface area (TPSA) is 82.0 Å². The summed E-state index contributed by atoms with van der Waals surface area (Å²) in [6.07, 6.45) is -5.39. The quantitative estimate of drug-likeness (QED) is 0.166. The number of hydrogen-bond acceptors (Lipinski definition) is 7. The number of para-hydroxylation sites is 1. The fraction of sp³-hybridized carbons (Fsp3) is 0.324. The lowest BCUT2D eigenvalue weighted by atomic mass is 10.1. The summed E-state index contributed by atoms with van der Waals surface area (Å²) in [4.78, 5) is 19.9. The van der Waals surface area contributed by atoms with Gasteiger partial charge in [-0.1, -0.05) is 72.8 Å². The lowest BCUT2D eigenvalue weighted by Gasteiger charge is -2.43. The molecule has 1 fully saturated rings. The van der Waals surface area contributed by atoms with E-state index in [2.05, 4.69) is 0 Å². The van der Waals surface area contributed by atoms with Gasteiger partial charge in [-0.3, -0.25) is 4.68 Å². The first-order valence-electron chi connectivity index (χ1n) is 16.0. The molecular weight excluding hydrogens is 635 g/mol. The Kier molecular flexibility index (Phi) is 9.40. The van der Waals surface area contributed by atoms with E-state index >= 15 is 0 Å². The number of fused-ring (bicyclic) bond motifs is 1. The van der Waals surface area contributed by atoms with Gasteiger partial charge in [-0.05, 0) is 44.0 Å². The highest BCUT2D eigenvalue weighted by Gasteiger charge is 2.48. The van der Waals surface area contributed by atoms with E-state index < -0.39 is 30.5 Å². The van der Waals surface area contributed by atoms with Crippen LogP contribution in [-0.4, -0.2) is 63.2 Å². The minimum atomic E-state index is -4.62. The molecule has 1 atom stereocenters. The summed E-state index contributed by atoms with van der Waals surface area (Å²) >= 11 is 0. The van der Waals surface area contributed by atoms with Crippen LogP contribution in [-0.2, 0) is 25.0 Å². The van der Waals surface area contributed by atoms with Crippen LogP contribution in [0.1, 0.15) is 31.9 Å². The van der Waals surface area contributed by atoms with E-state index in [1.54, 1.807) is 56.8 Å². The van der Waals surface area contributed by atoms with Crippen molar-refractivity contribution in [3.05, 3.63) is 102 Å². The van der Waals surface area contributed by atoms with Crippen LogP contribution in [0.15, 0.2) is 91.0 Å². The van der Waals surface area contributed by atoms with E-state index in [1.807, 2.05) is 66.7 Å². The van der Waals surface area contributed by atoms with Crippen molar-refractivity contribution in [2.45, 2.75) is 51.8 Å². The molecule has 0 radical (unpaired) electrons. The number of rotatable bonds is 8. The van der Waals surface area contributed by atoms with Gasteiger partial charge in [-0.25, -0.2) is 4.79 Å². The molecule has 12 heteroatoms. The minimum Gasteiger partial charge on any atom is -0.473 e. The van der Waals surface area contributed by atoms with Crippen LogP contribution < -0.4 is 14.4 Å². The van der Waals surface area contributed by atoms with Crippen molar-refractivity contribution >= 4 is 22.7 Å². The second-order valence-corrected chi connectivity index (χ2v) is 12.9. The molecule has 6 rings (SSSR count). The number of benzene rings is 3. The zero-order chi connectivity index (χ0) is 34.8. The maximum atomic E-state index is 14.6. The van der Waals surface area contributed by atoms with Gasteiger partial charge in [0.15, 0.2) is 0 Å². The third-order valence-electron chi connectivity index (χ3n) is 8.10. The Labute approximate surface area is 282 Å². The largest absolute Gasteiger partial charge is 0.473 e. The third kappa shape index (κ3) is 7.74. The summed E-state index contributed by atoms with van der Waals surface area (Å²) < 4.78 is 63.1. The number of aryl methyl sites for hydroxylation is 1. The fourth-order valence-corrected chi connectivity index (χ4v) is 5.84. The number of piperazine rings is 1. The summed E-state index contributed by atoms with van der Waals surface area (Å²) in [7, 11) is 1.70. The number of pyridine rings is 1.